The second-order valence-corrected chi connectivity index (χ2v) is 6.35. The van der Waals surface area contributed by atoms with Crippen molar-refractivity contribution in [3.8, 4) is 11.5 Å². The molecule has 0 spiro atoms. The van der Waals surface area contributed by atoms with Gasteiger partial charge in [0.25, 0.3) is 0 Å². The van der Waals surface area contributed by atoms with Crippen molar-refractivity contribution >= 4 is 5.96 Å². The van der Waals surface area contributed by atoms with Crippen molar-refractivity contribution in [1.29, 1.82) is 0 Å². The zero-order valence-electron chi connectivity index (χ0n) is 14.1. The number of methoxy groups -OCH3 is 1. The van der Waals surface area contributed by atoms with Gasteiger partial charge in [-0.15, -0.1) is 0 Å². The van der Waals surface area contributed by atoms with Crippen LogP contribution in [-0.2, 0) is 6.54 Å². The van der Waals surface area contributed by atoms with E-state index in [0.29, 0.717) is 12.1 Å². The standard InChI is InChI=1S/C18H27N3O2/c1-19-18(21-14-8-9-14)20-12-13-7-10-16(22-2)17(11-13)23-15-5-3-4-6-15/h7,10-11,14-15H,3-6,8-9,12H2,1-2H3,(H2,19,20,21). The van der Waals surface area contributed by atoms with Gasteiger partial charge in [0, 0.05) is 19.6 Å². The summed E-state index contributed by atoms with van der Waals surface area (Å²) in [6.45, 7) is 0.720. The molecule has 0 saturated heterocycles. The molecule has 0 radical (unpaired) electrons. The van der Waals surface area contributed by atoms with E-state index < -0.39 is 0 Å². The summed E-state index contributed by atoms with van der Waals surface area (Å²) in [6, 6.07) is 6.73. The molecule has 2 fully saturated rings. The smallest absolute Gasteiger partial charge is 0.191 e. The van der Waals surface area contributed by atoms with E-state index in [-0.39, 0.29) is 0 Å². The molecule has 0 aliphatic heterocycles. The van der Waals surface area contributed by atoms with Crippen LogP contribution in [0.3, 0.4) is 0 Å². The van der Waals surface area contributed by atoms with Gasteiger partial charge in [-0.3, -0.25) is 4.99 Å². The Balaban J connectivity index is 1.61. The van der Waals surface area contributed by atoms with E-state index in [4.69, 9.17) is 9.47 Å². The number of nitrogens with zero attached hydrogens (tertiary/aromatic N) is 1. The normalized spacial score (nSPS) is 18.8. The van der Waals surface area contributed by atoms with Crippen LogP contribution in [0.2, 0.25) is 0 Å². The molecule has 0 bridgehead atoms. The van der Waals surface area contributed by atoms with Crippen molar-refractivity contribution in [3.05, 3.63) is 23.8 Å². The van der Waals surface area contributed by atoms with Crippen LogP contribution in [0.4, 0.5) is 0 Å². The number of rotatable bonds is 6. The Labute approximate surface area is 138 Å². The third kappa shape index (κ3) is 4.53. The van der Waals surface area contributed by atoms with Crippen LogP contribution in [0.5, 0.6) is 11.5 Å². The molecular weight excluding hydrogens is 290 g/mol. The van der Waals surface area contributed by atoms with Gasteiger partial charge in [0.2, 0.25) is 0 Å². The minimum Gasteiger partial charge on any atom is -0.493 e. The lowest BCUT2D eigenvalue weighted by molar-refractivity contribution is 0.200. The third-order valence-electron chi connectivity index (χ3n) is 4.43. The fourth-order valence-electron chi connectivity index (χ4n) is 2.91. The summed E-state index contributed by atoms with van der Waals surface area (Å²) in [5.41, 5.74) is 1.16. The number of ether oxygens (including phenoxy) is 2. The van der Waals surface area contributed by atoms with E-state index >= 15 is 0 Å². The first-order valence-corrected chi connectivity index (χ1v) is 8.59. The first kappa shape index (κ1) is 16.0. The summed E-state index contributed by atoms with van der Waals surface area (Å²) < 4.78 is 11.6. The number of benzene rings is 1. The zero-order valence-corrected chi connectivity index (χ0v) is 14.1. The molecule has 0 amide bonds. The van der Waals surface area contributed by atoms with E-state index in [1.807, 2.05) is 6.07 Å². The molecule has 0 aromatic heterocycles. The molecule has 2 aliphatic rings. The fourth-order valence-corrected chi connectivity index (χ4v) is 2.91. The second-order valence-electron chi connectivity index (χ2n) is 6.35. The lowest BCUT2D eigenvalue weighted by Gasteiger charge is -2.17. The Morgan fingerprint density at radius 1 is 1.17 bits per heavy atom. The maximum Gasteiger partial charge on any atom is 0.191 e. The Morgan fingerprint density at radius 3 is 2.61 bits per heavy atom. The maximum absolute atomic E-state index is 6.15. The summed E-state index contributed by atoms with van der Waals surface area (Å²) in [4.78, 5) is 4.26. The van der Waals surface area contributed by atoms with Crippen molar-refractivity contribution in [2.75, 3.05) is 14.2 Å². The maximum atomic E-state index is 6.15. The molecule has 126 valence electrons. The molecular formula is C18H27N3O2. The molecule has 5 heteroatoms. The van der Waals surface area contributed by atoms with E-state index in [1.165, 1.54) is 25.7 Å². The fraction of sp³-hybridized carbons (Fsp3) is 0.611. The van der Waals surface area contributed by atoms with Gasteiger partial charge < -0.3 is 20.1 Å². The van der Waals surface area contributed by atoms with Crippen LogP contribution in [0.25, 0.3) is 0 Å². The number of nitrogens with one attached hydrogen (secondary N) is 2. The lowest BCUT2D eigenvalue weighted by Crippen LogP contribution is -2.38. The Morgan fingerprint density at radius 2 is 1.96 bits per heavy atom. The molecule has 1 aromatic rings. The monoisotopic (exact) mass is 317 g/mol. The number of hydrogen-bond donors (Lipinski definition) is 2. The molecule has 2 saturated carbocycles. The molecule has 0 atom stereocenters. The minimum atomic E-state index is 0.330. The highest BCUT2D eigenvalue weighted by Gasteiger charge is 2.22. The highest BCUT2D eigenvalue weighted by atomic mass is 16.5. The first-order chi connectivity index (χ1) is 11.3. The highest BCUT2D eigenvalue weighted by molar-refractivity contribution is 5.80. The van der Waals surface area contributed by atoms with Crippen molar-refractivity contribution < 1.29 is 9.47 Å². The van der Waals surface area contributed by atoms with Crippen molar-refractivity contribution in [1.82, 2.24) is 10.6 Å². The average molecular weight is 317 g/mol. The zero-order chi connectivity index (χ0) is 16.1. The third-order valence-corrected chi connectivity index (χ3v) is 4.43. The summed E-state index contributed by atoms with van der Waals surface area (Å²) in [5.74, 6) is 2.52. The molecule has 2 N–H and O–H groups in total. The summed E-state index contributed by atoms with van der Waals surface area (Å²) in [5, 5.41) is 6.75. The van der Waals surface area contributed by atoms with Crippen molar-refractivity contribution in [2.45, 2.75) is 57.2 Å². The van der Waals surface area contributed by atoms with Gasteiger partial charge in [-0.1, -0.05) is 6.07 Å². The molecule has 2 aliphatic carbocycles. The predicted octanol–water partition coefficient (Wildman–Crippen LogP) is 2.84. The van der Waals surface area contributed by atoms with Crippen LogP contribution >= 0.6 is 0 Å². The summed E-state index contributed by atoms with van der Waals surface area (Å²) >= 11 is 0. The molecule has 1 aromatic carbocycles. The lowest BCUT2D eigenvalue weighted by atomic mass is 10.2. The molecule has 0 heterocycles. The predicted molar refractivity (Wildman–Crippen MR) is 92.2 cm³/mol. The quantitative estimate of drug-likeness (QED) is 0.626. The van der Waals surface area contributed by atoms with Gasteiger partial charge in [-0.2, -0.15) is 0 Å². The topological polar surface area (TPSA) is 54.9 Å². The van der Waals surface area contributed by atoms with E-state index in [9.17, 15) is 0 Å². The molecule has 0 unspecified atom stereocenters. The van der Waals surface area contributed by atoms with Crippen LogP contribution in [-0.4, -0.2) is 32.3 Å². The van der Waals surface area contributed by atoms with Gasteiger partial charge in [0.05, 0.1) is 13.2 Å². The van der Waals surface area contributed by atoms with Crippen LogP contribution in [0, 0.1) is 0 Å². The van der Waals surface area contributed by atoms with Gasteiger partial charge in [-0.05, 0) is 56.2 Å². The Kier molecular flexibility index (Phi) is 5.26. The molecule has 5 nitrogen and oxygen atoms in total. The molecule has 3 rings (SSSR count). The SMILES string of the molecule is CN=C(NCc1ccc(OC)c(OC2CCCC2)c1)NC1CC1. The minimum absolute atomic E-state index is 0.330. The Bertz CT molecular complexity index is 549. The largest absolute Gasteiger partial charge is 0.493 e. The Hall–Kier alpha value is -1.91. The van der Waals surface area contributed by atoms with Crippen LogP contribution in [0.1, 0.15) is 44.1 Å². The summed E-state index contributed by atoms with van der Waals surface area (Å²) in [7, 11) is 3.50. The van der Waals surface area contributed by atoms with E-state index in [2.05, 4.69) is 27.8 Å². The highest BCUT2D eigenvalue weighted by Crippen LogP contribution is 2.32. The van der Waals surface area contributed by atoms with E-state index in [1.54, 1.807) is 14.2 Å². The van der Waals surface area contributed by atoms with Crippen LogP contribution < -0.4 is 20.1 Å². The van der Waals surface area contributed by atoms with Crippen molar-refractivity contribution in [2.24, 2.45) is 4.99 Å². The van der Waals surface area contributed by atoms with Crippen molar-refractivity contribution in [3.63, 3.8) is 0 Å². The molecule has 23 heavy (non-hydrogen) atoms. The van der Waals surface area contributed by atoms with Gasteiger partial charge in [-0.25, -0.2) is 0 Å². The van der Waals surface area contributed by atoms with Gasteiger partial charge >= 0.3 is 0 Å². The number of aliphatic imine (C=N–C) groups is 1. The average Bonchev–Trinajstić information content (AvgIpc) is 3.25. The van der Waals surface area contributed by atoms with Gasteiger partial charge in [0.1, 0.15) is 0 Å². The number of hydrogen-bond acceptors (Lipinski definition) is 3. The summed E-state index contributed by atoms with van der Waals surface area (Å²) in [6.07, 6.45) is 7.61. The van der Waals surface area contributed by atoms with Crippen LogP contribution in [0.15, 0.2) is 23.2 Å². The van der Waals surface area contributed by atoms with Gasteiger partial charge in [0.15, 0.2) is 17.5 Å². The number of guanidine groups is 1. The van der Waals surface area contributed by atoms with E-state index in [0.717, 1.165) is 42.4 Å². The first-order valence-electron chi connectivity index (χ1n) is 8.59. The second kappa shape index (κ2) is 7.57.